The van der Waals surface area contributed by atoms with Crippen molar-refractivity contribution in [1.82, 2.24) is 0 Å². The smallest absolute Gasteiger partial charge is 0.339 e. The van der Waals surface area contributed by atoms with Crippen molar-refractivity contribution in [2.75, 3.05) is 5.32 Å². The number of anilines is 1. The lowest BCUT2D eigenvalue weighted by molar-refractivity contribution is 0.0378. The number of hydrogen-bond donors (Lipinski definition) is 1. The minimum absolute atomic E-state index is 0.197. The number of thiophene rings is 1. The second kappa shape index (κ2) is 7.02. The van der Waals surface area contributed by atoms with Crippen molar-refractivity contribution in [1.29, 1.82) is 0 Å². The van der Waals surface area contributed by atoms with Crippen LogP contribution >= 0.6 is 35.2 Å². The number of halogens is 1. The fraction of sp³-hybridized carbons (Fsp3) is 0.200. The molecule has 2 rings (SSSR count). The third-order valence-corrected chi connectivity index (χ3v) is 4.20. The highest BCUT2D eigenvalue weighted by atomic mass is 35.5. The Balaban J connectivity index is 2.18. The van der Waals surface area contributed by atoms with E-state index in [1.165, 1.54) is 0 Å². The molecule has 0 saturated carbocycles. The predicted molar refractivity (Wildman–Crippen MR) is 91.6 cm³/mol. The van der Waals surface area contributed by atoms with Crippen LogP contribution in [0.15, 0.2) is 35.7 Å². The summed E-state index contributed by atoms with van der Waals surface area (Å²) in [6, 6.07) is 8.93. The van der Waals surface area contributed by atoms with Gasteiger partial charge in [-0.3, -0.25) is 0 Å². The first-order valence-electron chi connectivity index (χ1n) is 6.32. The van der Waals surface area contributed by atoms with Crippen LogP contribution in [0.25, 0.3) is 0 Å². The highest BCUT2D eigenvalue weighted by Gasteiger charge is 2.14. The molecule has 2 aromatic rings. The van der Waals surface area contributed by atoms with Crippen molar-refractivity contribution < 1.29 is 9.53 Å². The first-order chi connectivity index (χ1) is 9.97. The molecule has 0 saturated heterocycles. The highest BCUT2D eigenvalue weighted by Crippen LogP contribution is 2.23. The van der Waals surface area contributed by atoms with Crippen LogP contribution in [-0.4, -0.2) is 17.1 Å². The summed E-state index contributed by atoms with van der Waals surface area (Å²) in [5.74, 6) is -0.444. The van der Waals surface area contributed by atoms with Crippen molar-refractivity contribution in [3.63, 3.8) is 0 Å². The maximum Gasteiger partial charge on any atom is 0.339 e. The molecule has 0 aliphatic rings. The summed E-state index contributed by atoms with van der Waals surface area (Å²) in [7, 11) is 0. The maximum absolute atomic E-state index is 12.0. The first kappa shape index (κ1) is 15.9. The Morgan fingerprint density at radius 2 is 2.14 bits per heavy atom. The number of carbonyl (C=O) groups excluding carboxylic acids is 1. The topological polar surface area (TPSA) is 38.3 Å². The molecule has 0 amide bonds. The standard InChI is InChI=1S/C15H14ClNO2S2/c1-9(2)19-15(18)11-8-10(5-6-12(11)16)17-14(20)13-4-3-7-21-13/h3-9H,1-2H3,(H,17,20). The van der Waals surface area contributed by atoms with Gasteiger partial charge in [0.2, 0.25) is 0 Å². The molecule has 0 bridgehead atoms. The summed E-state index contributed by atoms with van der Waals surface area (Å²) in [4.78, 5) is 13.5. The molecular weight excluding hydrogens is 326 g/mol. The molecule has 0 unspecified atom stereocenters. The zero-order valence-electron chi connectivity index (χ0n) is 11.6. The number of esters is 1. The average molecular weight is 340 g/mol. The number of rotatable bonds is 4. The molecule has 0 aliphatic heterocycles. The van der Waals surface area contributed by atoms with Gasteiger partial charge in [-0.05, 0) is 43.5 Å². The van der Waals surface area contributed by atoms with Crippen molar-refractivity contribution in [3.05, 3.63) is 51.2 Å². The van der Waals surface area contributed by atoms with Crippen molar-refractivity contribution in [2.24, 2.45) is 0 Å². The van der Waals surface area contributed by atoms with Gasteiger partial charge in [0.15, 0.2) is 0 Å². The molecule has 0 fully saturated rings. The lowest BCUT2D eigenvalue weighted by Gasteiger charge is -2.11. The van der Waals surface area contributed by atoms with Gasteiger partial charge in [0.05, 0.1) is 21.6 Å². The molecule has 1 aromatic carbocycles. The highest BCUT2D eigenvalue weighted by molar-refractivity contribution is 7.81. The Labute approximate surface area is 137 Å². The van der Waals surface area contributed by atoms with E-state index in [-0.39, 0.29) is 6.10 Å². The summed E-state index contributed by atoms with van der Waals surface area (Å²) < 4.78 is 5.17. The molecule has 0 spiro atoms. The summed E-state index contributed by atoms with van der Waals surface area (Å²) in [6.45, 7) is 3.58. The van der Waals surface area contributed by atoms with Gasteiger partial charge < -0.3 is 10.1 Å². The fourth-order valence-electron chi connectivity index (χ4n) is 1.64. The van der Waals surface area contributed by atoms with E-state index >= 15 is 0 Å². The Morgan fingerprint density at radius 1 is 1.38 bits per heavy atom. The van der Waals surface area contributed by atoms with Crippen LogP contribution in [0.1, 0.15) is 29.1 Å². The Bertz CT molecular complexity index is 654. The van der Waals surface area contributed by atoms with E-state index in [0.29, 0.717) is 21.3 Å². The third kappa shape index (κ3) is 4.27. The van der Waals surface area contributed by atoms with Gasteiger partial charge in [0.1, 0.15) is 4.99 Å². The van der Waals surface area contributed by atoms with E-state index in [0.717, 1.165) is 4.88 Å². The molecule has 0 radical (unpaired) electrons. The maximum atomic E-state index is 12.0. The molecule has 1 aromatic heterocycles. The van der Waals surface area contributed by atoms with E-state index in [2.05, 4.69) is 5.32 Å². The van der Waals surface area contributed by atoms with Gasteiger partial charge in [0, 0.05) is 5.69 Å². The van der Waals surface area contributed by atoms with Crippen molar-refractivity contribution >= 4 is 51.8 Å². The molecular formula is C15H14ClNO2S2. The monoisotopic (exact) mass is 339 g/mol. The van der Waals surface area contributed by atoms with Crippen LogP contribution in [0.2, 0.25) is 5.02 Å². The van der Waals surface area contributed by atoms with E-state index in [4.69, 9.17) is 28.6 Å². The zero-order valence-corrected chi connectivity index (χ0v) is 13.9. The first-order valence-corrected chi connectivity index (χ1v) is 7.99. The lowest BCUT2D eigenvalue weighted by Crippen LogP contribution is -2.13. The number of carbonyl (C=O) groups is 1. The van der Waals surface area contributed by atoms with E-state index in [1.807, 2.05) is 17.5 Å². The van der Waals surface area contributed by atoms with Crippen LogP contribution in [0.4, 0.5) is 5.69 Å². The summed E-state index contributed by atoms with van der Waals surface area (Å²) in [5, 5.41) is 5.41. The van der Waals surface area contributed by atoms with Gasteiger partial charge in [0.25, 0.3) is 0 Å². The normalized spacial score (nSPS) is 10.5. The minimum Gasteiger partial charge on any atom is -0.459 e. The average Bonchev–Trinajstić information content (AvgIpc) is 2.94. The number of hydrogen-bond acceptors (Lipinski definition) is 4. The van der Waals surface area contributed by atoms with Gasteiger partial charge in [-0.25, -0.2) is 4.79 Å². The molecule has 1 N–H and O–H groups in total. The fourth-order valence-corrected chi connectivity index (χ4v) is 2.78. The number of nitrogens with one attached hydrogen (secondary N) is 1. The number of benzene rings is 1. The van der Waals surface area contributed by atoms with Crippen LogP contribution in [0.3, 0.4) is 0 Å². The van der Waals surface area contributed by atoms with Crippen LogP contribution in [-0.2, 0) is 4.74 Å². The quantitative estimate of drug-likeness (QED) is 0.644. The van der Waals surface area contributed by atoms with Gasteiger partial charge in [-0.2, -0.15) is 0 Å². The third-order valence-electron chi connectivity index (χ3n) is 2.53. The predicted octanol–water partition coefficient (Wildman–Crippen LogP) is 4.75. The summed E-state index contributed by atoms with van der Waals surface area (Å²) in [6.07, 6.45) is -0.197. The summed E-state index contributed by atoms with van der Waals surface area (Å²) >= 11 is 12.9. The molecule has 21 heavy (non-hydrogen) atoms. The molecule has 0 aliphatic carbocycles. The molecule has 0 atom stereocenters. The minimum atomic E-state index is -0.444. The summed E-state index contributed by atoms with van der Waals surface area (Å²) in [5.41, 5.74) is 1.03. The second-order valence-electron chi connectivity index (χ2n) is 4.58. The van der Waals surface area contributed by atoms with E-state index < -0.39 is 5.97 Å². The Hall–Kier alpha value is -1.43. The second-order valence-corrected chi connectivity index (χ2v) is 6.34. The Kier molecular flexibility index (Phi) is 5.33. The molecule has 3 nitrogen and oxygen atoms in total. The van der Waals surface area contributed by atoms with Crippen molar-refractivity contribution in [2.45, 2.75) is 20.0 Å². The van der Waals surface area contributed by atoms with Gasteiger partial charge in [-0.15, -0.1) is 11.3 Å². The van der Waals surface area contributed by atoms with Crippen LogP contribution in [0.5, 0.6) is 0 Å². The number of thiocarbonyl (C=S) groups is 1. The zero-order chi connectivity index (χ0) is 15.4. The number of ether oxygens (including phenoxy) is 1. The van der Waals surface area contributed by atoms with Crippen LogP contribution in [0, 0.1) is 0 Å². The lowest BCUT2D eigenvalue weighted by atomic mass is 10.2. The SMILES string of the molecule is CC(C)OC(=O)c1cc(NC(=S)c2cccs2)ccc1Cl. The largest absolute Gasteiger partial charge is 0.459 e. The molecule has 110 valence electrons. The van der Waals surface area contributed by atoms with Gasteiger partial charge in [-0.1, -0.05) is 29.9 Å². The van der Waals surface area contributed by atoms with E-state index in [1.54, 1.807) is 43.4 Å². The van der Waals surface area contributed by atoms with Crippen LogP contribution < -0.4 is 5.32 Å². The van der Waals surface area contributed by atoms with Crippen molar-refractivity contribution in [3.8, 4) is 0 Å². The van der Waals surface area contributed by atoms with Gasteiger partial charge >= 0.3 is 5.97 Å². The Morgan fingerprint density at radius 3 is 2.76 bits per heavy atom. The molecule has 6 heteroatoms. The molecule has 1 heterocycles. The van der Waals surface area contributed by atoms with E-state index in [9.17, 15) is 4.79 Å².